The van der Waals surface area contributed by atoms with E-state index >= 15 is 0 Å². The van der Waals surface area contributed by atoms with E-state index in [2.05, 4.69) is 9.97 Å². The molecule has 0 fully saturated rings. The number of aryl methyl sites for hydroxylation is 1. The zero-order chi connectivity index (χ0) is 25.8. The summed E-state index contributed by atoms with van der Waals surface area (Å²) in [6, 6.07) is 9.91. The number of hydrogen-bond donors (Lipinski definition) is 2. The molecule has 0 aliphatic carbocycles. The number of aromatic amines is 1. The number of thiophene rings is 1. The van der Waals surface area contributed by atoms with Gasteiger partial charge in [0.05, 0.1) is 36.3 Å². The lowest BCUT2D eigenvalue weighted by atomic mass is 10.2. The number of aliphatic hydroxyl groups excluding tert-OH is 1. The number of fused-ring (bicyclic) bond motifs is 1. The first-order chi connectivity index (χ1) is 16.4. The Balaban J connectivity index is 1.86. The molecule has 1 atom stereocenters. The Morgan fingerprint density at radius 3 is 2.51 bits per heavy atom. The smallest absolute Gasteiger partial charge is 0.348 e. The Labute approximate surface area is 209 Å². The number of ether oxygens (including phenoxy) is 2. The third kappa shape index (κ3) is 7.70. The van der Waals surface area contributed by atoms with Crippen LogP contribution >= 0.6 is 11.3 Å². The molecule has 3 aromatic rings. The lowest BCUT2D eigenvalue weighted by Crippen LogP contribution is -2.37. The molecule has 190 valence electrons. The molecule has 0 saturated carbocycles. The summed E-state index contributed by atoms with van der Waals surface area (Å²) in [5, 5.41) is 11.0. The van der Waals surface area contributed by atoms with E-state index in [0.29, 0.717) is 46.1 Å². The fourth-order valence-corrected chi connectivity index (χ4v) is 4.74. The molecule has 0 bridgehead atoms. The molecule has 9 heteroatoms. The van der Waals surface area contributed by atoms with Crippen LogP contribution in [-0.4, -0.2) is 56.9 Å². The van der Waals surface area contributed by atoms with Crippen LogP contribution in [0.2, 0.25) is 0 Å². The molecular formula is C26H35N3O5S. The molecule has 0 unspecified atom stereocenters. The molecule has 0 radical (unpaired) electrons. The molecule has 2 N–H and O–H groups in total. The Bertz CT molecular complexity index is 1200. The van der Waals surface area contributed by atoms with Crippen LogP contribution < -0.4 is 5.56 Å². The van der Waals surface area contributed by atoms with Crippen LogP contribution in [0.5, 0.6) is 0 Å². The fourth-order valence-electron chi connectivity index (χ4n) is 3.66. The number of rotatable bonds is 10. The van der Waals surface area contributed by atoms with Gasteiger partial charge < -0.3 is 19.6 Å². The van der Waals surface area contributed by atoms with Crippen LogP contribution in [0.3, 0.4) is 0 Å². The SMILES string of the molecule is Cc1c(C(=O)OC(C)C)sc2nc(CN(Cc3ccccc3)C[C@@H](O)COC(C)(C)C)[nH]c(=O)c12. The number of carbonyl (C=O) groups is 1. The van der Waals surface area contributed by atoms with Crippen molar-refractivity contribution in [2.24, 2.45) is 0 Å². The molecule has 0 spiro atoms. The van der Waals surface area contributed by atoms with Crippen molar-refractivity contribution in [2.45, 2.75) is 72.4 Å². The van der Waals surface area contributed by atoms with Crippen molar-refractivity contribution in [1.29, 1.82) is 0 Å². The Hall–Kier alpha value is -2.59. The molecule has 8 nitrogen and oxygen atoms in total. The predicted molar refractivity (Wildman–Crippen MR) is 138 cm³/mol. The van der Waals surface area contributed by atoms with Crippen LogP contribution in [0.4, 0.5) is 0 Å². The van der Waals surface area contributed by atoms with Gasteiger partial charge in [0.2, 0.25) is 0 Å². The minimum absolute atomic E-state index is 0.198. The number of nitrogens with zero attached hydrogens (tertiary/aromatic N) is 2. The van der Waals surface area contributed by atoms with E-state index in [1.165, 1.54) is 0 Å². The van der Waals surface area contributed by atoms with Crippen LogP contribution in [0.1, 0.15) is 61.2 Å². The Morgan fingerprint density at radius 1 is 1.20 bits per heavy atom. The van der Waals surface area contributed by atoms with Gasteiger partial charge in [0, 0.05) is 13.1 Å². The molecule has 3 rings (SSSR count). The summed E-state index contributed by atoms with van der Waals surface area (Å²) < 4.78 is 11.1. The zero-order valence-corrected chi connectivity index (χ0v) is 22.1. The second-order valence-electron chi connectivity index (χ2n) is 9.94. The summed E-state index contributed by atoms with van der Waals surface area (Å²) in [5.74, 6) is 0.0153. The van der Waals surface area contributed by atoms with Gasteiger partial charge in [0.15, 0.2) is 0 Å². The molecular weight excluding hydrogens is 466 g/mol. The van der Waals surface area contributed by atoms with Crippen LogP contribution in [-0.2, 0) is 22.6 Å². The number of H-pyrrole nitrogens is 1. The zero-order valence-electron chi connectivity index (χ0n) is 21.3. The lowest BCUT2D eigenvalue weighted by Gasteiger charge is -2.27. The molecule has 0 saturated heterocycles. The van der Waals surface area contributed by atoms with Gasteiger partial charge in [0.1, 0.15) is 15.5 Å². The summed E-state index contributed by atoms with van der Waals surface area (Å²) in [6.45, 7) is 12.5. The second-order valence-corrected chi connectivity index (χ2v) is 10.9. The van der Waals surface area contributed by atoms with Crippen molar-refractivity contribution in [1.82, 2.24) is 14.9 Å². The maximum absolute atomic E-state index is 12.9. The third-order valence-electron chi connectivity index (χ3n) is 5.18. The highest BCUT2D eigenvalue weighted by atomic mass is 32.1. The van der Waals surface area contributed by atoms with Gasteiger partial charge in [-0.05, 0) is 52.7 Å². The lowest BCUT2D eigenvalue weighted by molar-refractivity contribution is -0.0574. The number of nitrogens with one attached hydrogen (secondary N) is 1. The van der Waals surface area contributed by atoms with E-state index in [0.717, 1.165) is 16.9 Å². The van der Waals surface area contributed by atoms with Crippen LogP contribution in [0, 0.1) is 6.92 Å². The van der Waals surface area contributed by atoms with E-state index in [1.54, 1.807) is 20.8 Å². The normalized spacial score (nSPS) is 13.1. The van der Waals surface area contributed by atoms with Crippen molar-refractivity contribution in [3.05, 3.63) is 62.5 Å². The summed E-state index contributed by atoms with van der Waals surface area (Å²) in [7, 11) is 0. The summed E-state index contributed by atoms with van der Waals surface area (Å²) >= 11 is 1.16. The van der Waals surface area contributed by atoms with Crippen molar-refractivity contribution in [3.8, 4) is 0 Å². The number of benzene rings is 1. The monoisotopic (exact) mass is 501 g/mol. The minimum atomic E-state index is -0.713. The standard InChI is InChI=1S/C26H35N3O5S/c1-16(2)34-25(32)22-17(3)21-23(31)27-20(28-24(21)35-22)14-29(12-18-10-8-7-9-11-18)13-19(30)15-33-26(4,5)6/h7-11,16,19,30H,12-15H2,1-6H3,(H,27,28,31)/t19-/m1/s1. The van der Waals surface area contributed by atoms with E-state index in [9.17, 15) is 14.7 Å². The number of carbonyl (C=O) groups excluding carboxylic acids is 1. The second kappa shape index (κ2) is 11.4. The highest BCUT2D eigenvalue weighted by Crippen LogP contribution is 2.28. The predicted octanol–water partition coefficient (Wildman–Crippen LogP) is 4.04. The topological polar surface area (TPSA) is 105 Å². The van der Waals surface area contributed by atoms with Crippen LogP contribution in [0.15, 0.2) is 35.1 Å². The maximum atomic E-state index is 12.9. The summed E-state index contributed by atoms with van der Waals surface area (Å²) in [4.78, 5) is 35.8. The quantitative estimate of drug-likeness (QED) is 0.404. The highest BCUT2D eigenvalue weighted by Gasteiger charge is 2.22. The number of aliphatic hydroxyl groups is 1. The average Bonchev–Trinajstić information content (AvgIpc) is 3.09. The largest absolute Gasteiger partial charge is 0.459 e. The van der Waals surface area contributed by atoms with E-state index in [1.807, 2.05) is 56.0 Å². The van der Waals surface area contributed by atoms with E-state index in [-0.39, 0.29) is 23.9 Å². The Kier molecular flexibility index (Phi) is 8.82. The first-order valence-corrected chi connectivity index (χ1v) is 12.6. The third-order valence-corrected chi connectivity index (χ3v) is 6.34. The fraction of sp³-hybridized carbons (Fsp3) is 0.500. The highest BCUT2D eigenvalue weighted by molar-refractivity contribution is 7.20. The number of esters is 1. The van der Waals surface area contributed by atoms with E-state index in [4.69, 9.17) is 9.47 Å². The molecule has 0 aliphatic rings. The average molecular weight is 502 g/mol. The molecule has 2 heterocycles. The first kappa shape index (κ1) is 27.0. The van der Waals surface area contributed by atoms with Crippen molar-refractivity contribution >= 4 is 27.5 Å². The van der Waals surface area contributed by atoms with Gasteiger partial charge >= 0.3 is 5.97 Å². The molecule has 0 amide bonds. The van der Waals surface area contributed by atoms with Crippen molar-refractivity contribution < 1.29 is 19.4 Å². The molecule has 35 heavy (non-hydrogen) atoms. The first-order valence-electron chi connectivity index (χ1n) is 11.7. The molecule has 1 aromatic carbocycles. The maximum Gasteiger partial charge on any atom is 0.348 e. The van der Waals surface area contributed by atoms with Gasteiger partial charge in [-0.3, -0.25) is 9.69 Å². The summed E-state index contributed by atoms with van der Waals surface area (Å²) in [5.41, 5.74) is 1.00. The Morgan fingerprint density at radius 2 is 1.89 bits per heavy atom. The van der Waals surface area contributed by atoms with Gasteiger partial charge in [-0.25, -0.2) is 9.78 Å². The van der Waals surface area contributed by atoms with Gasteiger partial charge in [-0.2, -0.15) is 0 Å². The van der Waals surface area contributed by atoms with Crippen LogP contribution in [0.25, 0.3) is 10.2 Å². The summed E-state index contributed by atoms with van der Waals surface area (Å²) in [6.07, 6.45) is -0.969. The minimum Gasteiger partial charge on any atom is -0.459 e. The number of hydrogen-bond acceptors (Lipinski definition) is 8. The van der Waals surface area contributed by atoms with E-state index < -0.39 is 12.1 Å². The van der Waals surface area contributed by atoms with Crippen molar-refractivity contribution in [3.63, 3.8) is 0 Å². The van der Waals surface area contributed by atoms with Gasteiger partial charge in [-0.1, -0.05) is 30.3 Å². The van der Waals surface area contributed by atoms with Crippen molar-refractivity contribution in [2.75, 3.05) is 13.2 Å². The molecule has 2 aromatic heterocycles. The molecule has 0 aliphatic heterocycles. The van der Waals surface area contributed by atoms with Gasteiger partial charge in [-0.15, -0.1) is 11.3 Å². The number of aromatic nitrogens is 2. The van der Waals surface area contributed by atoms with Gasteiger partial charge in [0.25, 0.3) is 5.56 Å².